The fourth-order valence-corrected chi connectivity index (χ4v) is 1.46. The molecule has 0 heterocycles. The Balaban J connectivity index is 3.31. The molecule has 1 aromatic rings. The minimum atomic E-state index is -1.83. The molecule has 0 aliphatic heterocycles. The molecule has 92 valence electrons. The largest absolute Gasteiger partial charge is 0.508 e. The molecule has 5 nitrogen and oxygen atoms in total. The molecule has 0 amide bonds. The smallest absolute Gasteiger partial charge is 0.337 e. The molecule has 6 heteroatoms. The van der Waals surface area contributed by atoms with Gasteiger partial charge in [0, 0.05) is 11.1 Å². The number of Topliss-reactive ketones (excluding diaryl/α,β-unsaturated/α-hetero) is 1. The Hall–Kier alpha value is -1.59. The van der Waals surface area contributed by atoms with Crippen LogP contribution in [0.15, 0.2) is 18.2 Å². The number of halogens is 1. The molecule has 0 bridgehead atoms. The van der Waals surface area contributed by atoms with Crippen LogP contribution >= 0.6 is 11.6 Å². The molecule has 0 aromatic heterocycles. The molecule has 0 aliphatic carbocycles. The third kappa shape index (κ3) is 2.95. The monoisotopic (exact) mass is 258 g/mol. The first kappa shape index (κ1) is 13.5. The highest BCUT2D eigenvalue weighted by Gasteiger charge is 2.24. The maximum Gasteiger partial charge on any atom is 0.337 e. The van der Waals surface area contributed by atoms with Gasteiger partial charge in [0.2, 0.25) is 0 Å². The van der Waals surface area contributed by atoms with Crippen LogP contribution in [0.4, 0.5) is 0 Å². The Morgan fingerprint density at radius 3 is 2.41 bits per heavy atom. The summed E-state index contributed by atoms with van der Waals surface area (Å²) in [7, 11) is 0. The highest BCUT2D eigenvalue weighted by Crippen LogP contribution is 2.25. The number of ketones is 1. The number of hydrogen-bond acceptors (Lipinski definition) is 4. The summed E-state index contributed by atoms with van der Waals surface area (Å²) in [5.74, 6) is -2.24. The van der Waals surface area contributed by atoms with E-state index in [1.54, 1.807) is 0 Å². The van der Waals surface area contributed by atoms with Crippen LogP contribution in [-0.4, -0.2) is 32.4 Å². The molecule has 0 radical (unpaired) electrons. The quantitative estimate of drug-likeness (QED) is 0.559. The molecule has 17 heavy (non-hydrogen) atoms. The fourth-order valence-electron chi connectivity index (χ4n) is 1.34. The highest BCUT2D eigenvalue weighted by molar-refractivity contribution is 6.33. The van der Waals surface area contributed by atoms with Crippen molar-refractivity contribution in [3.05, 3.63) is 29.3 Å². The number of carbonyl (C=O) groups is 2. The van der Waals surface area contributed by atoms with Gasteiger partial charge in [-0.1, -0.05) is 6.07 Å². The lowest BCUT2D eigenvalue weighted by molar-refractivity contribution is -0.146. The summed E-state index contributed by atoms with van der Waals surface area (Å²) in [6, 6.07) is 3.46. The molecule has 0 fully saturated rings. The van der Waals surface area contributed by atoms with Crippen molar-refractivity contribution in [2.45, 2.75) is 18.4 Å². The van der Waals surface area contributed by atoms with Gasteiger partial charge in [0.25, 0.3) is 0 Å². The van der Waals surface area contributed by atoms with Gasteiger partial charge in [-0.25, -0.2) is 4.79 Å². The second-order valence-electron chi connectivity index (χ2n) is 3.49. The molecular weight excluding hydrogens is 248 g/mol. The van der Waals surface area contributed by atoms with Crippen LogP contribution in [0.1, 0.15) is 28.9 Å². The van der Waals surface area contributed by atoms with E-state index < -0.39 is 23.2 Å². The van der Waals surface area contributed by atoms with Crippen LogP contribution in [0, 0.1) is 0 Å². The average Bonchev–Trinajstić information content (AvgIpc) is 2.26. The Labute approximate surface area is 102 Å². The molecule has 0 saturated carbocycles. The van der Waals surface area contributed by atoms with E-state index in [0.29, 0.717) is 0 Å². The van der Waals surface area contributed by atoms with E-state index in [2.05, 4.69) is 0 Å². The van der Waals surface area contributed by atoms with Crippen LogP contribution in [0.2, 0.25) is 0 Å². The molecule has 3 N–H and O–H groups in total. The van der Waals surface area contributed by atoms with Crippen molar-refractivity contribution in [1.82, 2.24) is 0 Å². The van der Waals surface area contributed by atoms with E-state index in [0.717, 1.165) is 6.07 Å². The van der Waals surface area contributed by atoms with Crippen molar-refractivity contribution in [2.24, 2.45) is 0 Å². The zero-order chi connectivity index (χ0) is 13.2. The van der Waals surface area contributed by atoms with Gasteiger partial charge in [0.1, 0.15) is 5.75 Å². The lowest BCUT2D eigenvalue weighted by Gasteiger charge is -2.12. The molecule has 1 aromatic carbocycles. The molecule has 0 aliphatic rings. The number of aliphatic hydroxyl groups is 1. The predicted octanol–water partition coefficient (Wildman–Crippen LogP) is 1.32. The molecule has 0 saturated heterocycles. The number of phenolic OH excluding ortho intramolecular Hbond substituents is 1. The second-order valence-corrected chi connectivity index (χ2v) is 4.15. The van der Waals surface area contributed by atoms with Crippen molar-refractivity contribution in [2.75, 3.05) is 0 Å². The lowest BCUT2D eigenvalue weighted by Crippen LogP contribution is -2.18. The van der Waals surface area contributed by atoms with Gasteiger partial charge in [0.15, 0.2) is 11.9 Å². The van der Waals surface area contributed by atoms with Crippen molar-refractivity contribution in [3.8, 4) is 5.75 Å². The highest BCUT2D eigenvalue weighted by atomic mass is 35.5. The molecule has 1 rings (SSSR count). The summed E-state index contributed by atoms with van der Waals surface area (Å²) in [6.07, 6.45) is -1.83. The minimum absolute atomic E-state index is 0.0900. The fraction of sp³-hybridized carbons (Fsp3) is 0.273. The van der Waals surface area contributed by atoms with Crippen molar-refractivity contribution in [3.63, 3.8) is 0 Å². The van der Waals surface area contributed by atoms with E-state index in [-0.39, 0.29) is 16.9 Å². The van der Waals surface area contributed by atoms with Gasteiger partial charge in [0.05, 0.1) is 5.38 Å². The van der Waals surface area contributed by atoms with E-state index in [1.807, 2.05) is 0 Å². The summed E-state index contributed by atoms with van der Waals surface area (Å²) in [4.78, 5) is 22.4. The maximum absolute atomic E-state index is 11.7. The Morgan fingerprint density at radius 2 is 1.94 bits per heavy atom. The van der Waals surface area contributed by atoms with E-state index in [1.165, 1.54) is 19.1 Å². The van der Waals surface area contributed by atoms with Gasteiger partial charge < -0.3 is 15.3 Å². The van der Waals surface area contributed by atoms with E-state index in [9.17, 15) is 19.8 Å². The van der Waals surface area contributed by atoms with Crippen LogP contribution in [0.25, 0.3) is 0 Å². The zero-order valence-corrected chi connectivity index (χ0v) is 9.68. The van der Waals surface area contributed by atoms with E-state index in [4.69, 9.17) is 16.7 Å². The van der Waals surface area contributed by atoms with Gasteiger partial charge >= 0.3 is 5.97 Å². The average molecular weight is 259 g/mol. The number of aromatic hydroxyl groups is 1. The minimum Gasteiger partial charge on any atom is -0.508 e. The van der Waals surface area contributed by atoms with Crippen molar-refractivity contribution >= 4 is 23.4 Å². The van der Waals surface area contributed by atoms with Crippen LogP contribution in [0.3, 0.4) is 0 Å². The standard InChI is InChI=1S/C11H11ClO5/c1-5(12)9(14)8-4-6(13)2-3-7(8)10(15)11(16)17/h2-5,10,13,15H,1H3,(H,16,17). The number of benzene rings is 1. The number of aliphatic hydroxyl groups excluding tert-OH is 1. The van der Waals surface area contributed by atoms with Crippen LogP contribution in [-0.2, 0) is 4.79 Å². The van der Waals surface area contributed by atoms with Crippen molar-refractivity contribution < 1.29 is 24.9 Å². The topological polar surface area (TPSA) is 94.8 Å². The maximum atomic E-state index is 11.7. The van der Waals surface area contributed by atoms with E-state index >= 15 is 0 Å². The SMILES string of the molecule is CC(Cl)C(=O)c1cc(O)ccc1C(O)C(=O)O. The number of aliphatic carboxylic acids is 1. The van der Waals surface area contributed by atoms with Gasteiger partial charge in [-0.3, -0.25) is 4.79 Å². The number of carboxylic acids is 1. The Morgan fingerprint density at radius 1 is 1.35 bits per heavy atom. The molecule has 0 spiro atoms. The summed E-state index contributed by atoms with van der Waals surface area (Å²) in [5, 5.41) is 26.5. The summed E-state index contributed by atoms with van der Waals surface area (Å²) >= 11 is 5.61. The van der Waals surface area contributed by atoms with Gasteiger partial charge in [-0.15, -0.1) is 11.6 Å². The molecule has 2 atom stereocenters. The van der Waals surface area contributed by atoms with Crippen molar-refractivity contribution in [1.29, 1.82) is 0 Å². The van der Waals surface area contributed by atoms with Crippen LogP contribution in [0.5, 0.6) is 5.75 Å². The number of rotatable bonds is 4. The predicted molar refractivity (Wildman–Crippen MR) is 60.3 cm³/mol. The summed E-state index contributed by atoms with van der Waals surface area (Å²) in [5.41, 5.74) is -0.185. The second kappa shape index (κ2) is 5.16. The molecule has 2 unspecified atom stereocenters. The van der Waals surface area contributed by atoms with Crippen LogP contribution < -0.4 is 0 Å². The third-order valence-corrected chi connectivity index (χ3v) is 2.39. The number of carbonyl (C=O) groups excluding carboxylic acids is 1. The first-order valence-electron chi connectivity index (χ1n) is 4.76. The molecular formula is C11H11ClO5. The normalized spacial score (nSPS) is 14.1. The van der Waals surface area contributed by atoms with Gasteiger partial charge in [-0.2, -0.15) is 0 Å². The Kier molecular flexibility index (Phi) is 4.09. The number of alkyl halides is 1. The van der Waals surface area contributed by atoms with Gasteiger partial charge in [-0.05, 0) is 19.1 Å². The number of carboxylic acid groups (broad SMARTS) is 1. The number of phenols is 1. The number of hydrogen-bond donors (Lipinski definition) is 3. The first-order valence-corrected chi connectivity index (χ1v) is 5.20. The third-order valence-electron chi connectivity index (χ3n) is 2.19. The lowest BCUT2D eigenvalue weighted by atomic mass is 9.97. The first-order chi connectivity index (χ1) is 7.84. The Bertz CT molecular complexity index is 455. The zero-order valence-electron chi connectivity index (χ0n) is 8.92. The summed E-state index contributed by atoms with van der Waals surface area (Å²) in [6.45, 7) is 1.42. The summed E-state index contributed by atoms with van der Waals surface area (Å²) < 4.78 is 0.